The third-order valence-corrected chi connectivity index (χ3v) is 4.80. The molecule has 2 aliphatic rings. The van der Waals surface area contributed by atoms with E-state index in [0.717, 1.165) is 5.69 Å². The highest BCUT2D eigenvalue weighted by molar-refractivity contribution is 5.85. The fourth-order valence-corrected chi connectivity index (χ4v) is 3.46. The molecule has 6 nitrogen and oxygen atoms in total. The van der Waals surface area contributed by atoms with Crippen LogP contribution in [-0.4, -0.2) is 45.5 Å². The van der Waals surface area contributed by atoms with E-state index in [1.165, 1.54) is 0 Å². The molecule has 1 N–H and O–H groups in total. The van der Waals surface area contributed by atoms with E-state index < -0.39 is 23.9 Å². The van der Waals surface area contributed by atoms with Gasteiger partial charge in [-0.25, -0.2) is 8.78 Å². The van der Waals surface area contributed by atoms with Crippen molar-refractivity contribution in [3.05, 3.63) is 18.0 Å². The molecule has 126 valence electrons. The van der Waals surface area contributed by atoms with Crippen LogP contribution in [-0.2, 0) is 16.6 Å². The van der Waals surface area contributed by atoms with Crippen molar-refractivity contribution >= 4 is 11.8 Å². The highest BCUT2D eigenvalue weighted by atomic mass is 19.3. The molecule has 0 bridgehead atoms. The van der Waals surface area contributed by atoms with Crippen molar-refractivity contribution < 1.29 is 18.4 Å². The lowest BCUT2D eigenvalue weighted by atomic mass is 9.84. The summed E-state index contributed by atoms with van der Waals surface area (Å²) in [5, 5.41) is 6.80. The molecule has 2 fully saturated rings. The second kappa shape index (κ2) is 5.58. The van der Waals surface area contributed by atoms with Gasteiger partial charge in [0.15, 0.2) is 0 Å². The minimum Gasteiger partial charge on any atom is -0.353 e. The zero-order valence-corrected chi connectivity index (χ0v) is 13.1. The molecule has 1 aliphatic carbocycles. The lowest BCUT2D eigenvalue weighted by Crippen LogP contribution is -2.54. The van der Waals surface area contributed by atoms with Gasteiger partial charge in [-0.05, 0) is 12.5 Å². The summed E-state index contributed by atoms with van der Waals surface area (Å²) in [6, 6.07) is 0.870. The maximum absolute atomic E-state index is 12.9. The normalized spacial score (nSPS) is 27.7. The molecule has 2 heterocycles. The van der Waals surface area contributed by atoms with Gasteiger partial charge >= 0.3 is 0 Å². The van der Waals surface area contributed by atoms with E-state index in [-0.39, 0.29) is 31.1 Å². The molecular weight excluding hydrogens is 306 g/mol. The van der Waals surface area contributed by atoms with E-state index in [4.69, 9.17) is 0 Å². The van der Waals surface area contributed by atoms with Crippen LogP contribution in [0.1, 0.15) is 37.4 Å². The number of alkyl halides is 2. The van der Waals surface area contributed by atoms with Crippen molar-refractivity contribution in [3.63, 3.8) is 0 Å². The molecule has 1 aliphatic heterocycles. The zero-order valence-electron chi connectivity index (χ0n) is 13.1. The van der Waals surface area contributed by atoms with E-state index in [0.29, 0.717) is 6.42 Å². The van der Waals surface area contributed by atoms with E-state index in [1.807, 2.05) is 0 Å². The van der Waals surface area contributed by atoms with Gasteiger partial charge < -0.3 is 10.2 Å². The predicted octanol–water partition coefficient (Wildman–Crippen LogP) is 1.24. The number of halogens is 2. The number of rotatable bonds is 3. The van der Waals surface area contributed by atoms with Crippen LogP contribution >= 0.6 is 0 Å². The van der Waals surface area contributed by atoms with Crippen LogP contribution in [0.3, 0.4) is 0 Å². The van der Waals surface area contributed by atoms with Gasteiger partial charge in [-0.2, -0.15) is 5.10 Å². The molecule has 0 radical (unpaired) electrons. The van der Waals surface area contributed by atoms with Crippen LogP contribution in [0.5, 0.6) is 0 Å². The monoisotopic (exact) mass is 326 g/mol. The fourth-order valence-electron chi connectivity index (χ4n) is 3.46. The lowest BCUT2D eigenvalue weighted by molar-refractivity contribution is -0.144. The van der Waals surface area contributed by atoms with E-state index in [9.17, 15) is 18.4 Å². The molecule has 1 aromatic heterocycles. The Bertz CT molecular complexity index is 623. The highest BCUT2D eigenvalue weighted by Gasteiger charge is 2.47. The maximum Gasteiger partial charge on any atom is 0.252 e. The molecule has 23 heavy (non-hydrogen) atoms. The number of nitrogens with one attached hydrogen (secondary N) is 1. The van der Waals surface area contributed by atoms with Crippen LogP contribution < -0.4 is 5.32 Å². The quantitative estimate of drug-likeness (QED) is 0.909. The predicted molar refractivity (Wildman–Crippen MR) is 77.6 cm³/mol. The second-order valence-corrected chi connectivity index (χ2v) is 6.44. The molecule has 8 heteroatoms. The third-order valence-electron chi connectivity index (χ3n) is 4.80. The summed E-state index contributed by atoms with van der Waals surface area (Å²) in [5.74, 6) is -3.42. The summed E-state index contributed by atoms with van der Waals surface area (Å²) >= 11 is 0. The molecular formula is C15H20F2N4O2. The number of piperidine rings is 1. The minimum absolute atomic E-state index is 0.0320. The van der Waals surface area contributed by atoms with Crippen molar-refractivity contribution in [2.45, 2.75) is 43.7 Å². The number of carbonyl (C=O) groups is 2. The molecule has 0 aromatic carbocycles. The van der Waals surface area contributed by atoms with Crippen molar-refractivity contribution in [3.8, 4) is 0 Å². The van der Waals surface area contributed by atoms with Crippen LogP contribution in [0.25, 0.3) is 0 Å². The summed E-state index contributed by atoms with van der Waals surface area (Å²) in [6.07, 6.45) is 1.69. The zero-order chi connectivity index (χ0) is 16.8. The summed E-state index contributed by atoms with van der Waals surface area (Å²) in [6.45, 7) is 0. The summed E-state index contributed by atoms with van der Waals surface area (Å²) in [7, 11) is 3.42. The van der Waals surface area contributed by atoms with Crippen LogP contribution in [0.4, 0.5) is 8.78 Å². The average Bonchev–Trinajstić information content (AvgIpc) is 2.85. The van der Waals surface area contributed by atoms with E-state index in [2.05, 4.69) is 10.4 Å². The molecule has 3 rings (SSSR count). The van der Waals surface area contributed by atoms with E-state index >= 15 is 0 Å². The Morgan fingerprint density at radius 2 is 2.09 bits per heavy atom. The van der Waals surface area contributed by atoms with Crippen molar-refractivity contribution in [1.82, 2.24) is 20.0 Å². The topological polar surface area (TPSA) is 67.2 Å². The van der Waals surface area contributed by atoms with Gasteiger partial charge in [-0.15, -0.1) is 0 Å². The highest BCUT2D eigenvalue weighted by Crippen LogP contribution is 2.39. The Labute approximate surface area is 132 Å². The van der Waals surface area contributed by atoms with Gasteiger partial charge in [-0.3, -0.25) is 14.3 Å². The summed E-state index contributed by atoms with van der Waals surface area (Å²) in [5.41, 5.74) is 0.764. The van der Waals surface area contributed by atoms with Gasteiger partial charge in [-0.1, -0.05) is 0 Å². The van der Waals surface area contributed by atoms with Crippen LogP contribution in [0, 0.1) is 5.92 Å². The number of nitrogens with zero attached hydrogens (tertiary/aromatic N) is 3. The number of hydrogen-bond donors (Lipinski definition) is 1. The molecule has 0 unspecified atom stereocenters. The van der Waals surface area contributed by atoms with Gasteiger partial charge in [0, 0.05) is 45.6 Å². The molecule has 1 aromatic rings. The SMILES string of the molecule is CN1C(=O)CC[C@H](C(=O)NC2CC(F)(F)C2)[C@H]1c1ccnn1C. The molecule has 1 saturated carbocycles. The maximum atomic E-state index is 12.9. The van der Waals surface area contributed by atoms with Gasteiger partial charge in [0.1, 0.15) is 0 Å². The van der Waals surface area contributed by atoms with Crippen LogP contribution in [0.2, 0.25) is 0 Å². The Balaban J connectivity index is 1.77. The summed E-state index contributed by atoms with van der Waals surface area (Å²) < 4.78 is 27.5. The minimum atomic E-state index is -2.67. The van der Waals surface area contributed by atoms with Gasteiger partial charge in [0.05, 0.1) is 17.7 Å². The number of amides is 2. The fraction of sp³-hybridized carbons (Fsp3) is 0.667. The molecule has 1 saturated heterocycles. The first-order valence-corrected chi connectivity index (χ1v) is 7.70. The van der Waals surface area contributed by atoms with Crippen molar-refractivity contribution in [2.24, 2.45) is 13.0 Å². The number of aryl methyl sites for hydroxylation is 1. The van der Waals surface area contributed by atoms with Gasteiger partial charge in [0.25, 0.3) is 5.92 Å². The lowest BCUT2D eigenvalue weighted by Gasteiger charge is -2.40. The van der Waals surface area contributed by atoms with Crippen LogP contribution in [0.15, 0.2) is 12.3 Å². The number of hydrogen-bond acceptors (Lipinski definition) is 3. The first kappa shape index (κ1) is 15.9. The Morgan fingerprint density at radius 1 is 1.39 bits per heavy atom. The molecule has 0 spiro atoms. The largest absolute Gasteiger partial charge is 0.353 e. The third kappa shape index (κ3) is 2.94. The first-order valence-electron chi connectivity index (χ1n) is 7.70. The average molecular weight is 326 g/mol. The van der Waals surface area contributed by atoms with E-state index in [1.54, 1.807) is 35.9 Å². The number of likely N-dealkylation sites (tertiary alicyclic amines) is 1. The number of carbonyl (C=O) groups excluding carboxylic acids is 2. The molecule has 2 atom stereocenters. The Morgan fingerprint density at radius 3 is 2.65 bits per heavy atom. The number of aromatic nitrogens is 2. The van der Waals surface area contributed by atoms with Crippen molar-refractivity contribution in [2.75, 3.05) is 7.05 Å². The smallest absolute Gasteiger partial charge is 0.252 e. The summed E-state index contributed by atoms with van der Waals surface area (Å²) in [4.78, 5) is 26.1. The second-order valence-electron chi connectivity index (χ2n) is 6.44. The Kier molecular flexibility index (Phi) is 3.85. The van der Waals surface area contributed by atoms with Gasteiger partial charge in [0.2, 0.25) is 11.8 Å². The Hall–Kier alpha value is -1.99. The van der Waals surface area contributed by atoms with Crippen molar-refractivity contribution in [1.29, 1.82) is 0 Å². The standard InChI is InChI=1S/C15H20F2N4O2/c1-20-12(22)4-3-10(13(20)11-5-6-18-21(11)2)14(23)19-9-7-15(16,17)8-9/h5-6,9-10,13H,3-4,7-8H2,1-2H3,(H,19,23)/t10-,13-/m0/s1. The molecule has 2 amide bonds. The first-order chi connectivity index (χ1) is 10.8.